The molecule has 0 spiro atoms. The fourth-order valence-corrected chi connectivity index (χ4v) is 2.73. The predicted molar refractivity (Wildman–Crippen MR) is 89.3 cm³/mol. The third-order valence-electron chi connectivity index (χ3n) is 4.22. The number of ether oxygens (including phenoxy) is 1. The fraction of sp³-hybridized carbons (Fsp3) is 0.812. The first kappa shape index (κ1) is 16.2. The molecule has 128 valence electrons. The summed E-state index contributed by atoms with van der Waals surface area (Å²) in [6.45, 7) is 7.14. The van der Waals surface area contributed by atoms with Gasteiger partial charge in [-0.25, -0.2) is 4.99 Å². The van der Waals surface area contributed by atoms with Gasteiger partial charge in [-0.05, 0) is 38.5 Å². The maximum absolute atomic E-state index is 5.65. The van der Waals surface area contributed by atoms with E-state index in [0.717, 1.165) is 69.2 Å². The summed E-state index contributed by atoms with van der Waals surface area (Å²) < 4.78 is 7.84. The molecule has 7 heteroatoms. The van der Waals surface area contributed by atoms with Crippen LogP contribution in [0.5, 0.6) is 0 Å². The molecule has 3 rings (SSSR count). The number of aryl methyl sites for hydroxylation is 1. The molecule has 7 nitrogen and oxygen atoms in total. The van der Waals surface area contributed by atoms with Crippen molar-refractivity contribution in [3.63, 3.8) is 0 Å². The molecule has 1 aliphatic heterocycles. The van der Waals surface area contributed by atoms with Gasteiger partial charge in [0.15, 0.2) is 11.8 Å². The molecular weight excluding hydrogens is 292 g/mol. The number of nitrogens with one attached hydrogen (secondary N) is 2. The lowest BCUT2D eigenvalue weighted by atomic mass is 10.4. The van der Waals surface area contributed by atoms with E-state index in [0.29, 0.717) is 6.54 Å². The molecular formula is C16H28N6O. The first-order valence-electron chi connectivity index (χ1n) is 8.87. The molecule has 2 heterocycles. The van der Waals surface area contributed by atoms with Crippen LogP contribution in [0.2, 0.25) is 0 Å². The minimum absolute atomic E-state index is 0.570. The number of guanidine groups is 1. The van der Waals surface area contributed by atoms with E-state index in [4.69, 9.17) is 4.74 Å². The van der Waals surface area contributed by atoms with Gasteiger partial charge in [0.25, 0.3) is 0 Å². The summed E-state index contributed by atoms with van der Waals surface area (Å²) in [5.41, 5.74) is 0. The van der Waals surface area contributed by atoms with Gasteiger partial charge in [0.2, 0.25) is 0 Å². The molecule has 0 aromatic carbocycles. The van der Waals surface area contributed by atoms with Crippen molar-refractivity contribution >= 4 is 5.96 Å². The predicted octanol–water partition coefficient (Wildman–Crippen LogP) is 1.10. The molecule has 23 heavy (non-hydrogen) atoms. The SMILES string of the molecule is CCNC(=NCc1nnc2n1CCC2)NCCCOCC1CC1. The average molecular weight is 320 g/mol. The van der Waals surface area contributed by atoms with Gasteiger partial charge in [-0.3, -0.25) is 0 Å². The Labute approximate surface area is 137 Å². The van der Waals surface area contributed by atoms with Crippen LogP contribution in [0.25, 0.3) is 0 Å². The molecule has 1 aromatic rings. The van der Waals surface area contributed by atoms with E-state index in [-0.39, 0.29) is 0 Å². The number of aromatic nitrogens is 3. The third-order valence-corrected chi connectivity index (χ3v) is 4.22. The summed E-state index contributed by atoms with van der Waals surface area (Å²) >= 11 is 0. The van der Waals surface area contributed by atoms with Crippen LogP contribution in [-0.2, 0) is 24.2 Å². The van der Waals surface area contributed by atoms with Crippen LogP contribution in [0.3, 0.4) is 0 Å². The zero-order valence-corrected chi connectivity index (χ0v) is 14.1. The second-order valence-corrected chi connectivity index (χ2v) is 6.28. The van der Waals surface area contributed by atoms with Gasteiger partial charge in [0.1, 0.15) is 12.4 Å². The van der Waals surface area contributed by atoms with Gasteiger partial charge in [-0.2, -0.15) is 0 Å². The monoisotopic (exact) mass is 320 g/mol. The largest absolute Gasteiger partial charge is 0.381 e. The Kier molecular flexibility index (Phi) is 5.85. The molecule has 0 radical (unpaired) electrons. The standard InChI is InChI=1S/C16H28N6O/c1-2-17-16(18-8-4-10-23-12-13-6-7-13)19-11-15-21-20-14-5-3-9-22(14)15/h13H,2-12H2,1H3,(H2,17,18,19). The second kappa shape index (κ2) is 8.29. The highest BCUT2D eigenvalue weighted by Gasteiger charge is 2.20. The molecule has 1 fully saturated rings. The van der Waals surface area contributed by atoms with Crippen LogP contribution in [0.1, 0.15) is 44.3 Å². The van der Waals surface area contributed by atoms with Crippen LogP contribution < -0.4 is 10.6 Å². The Morgan fingerprint density at radius 3 is 3.09 bits per heavy atom. The Morgan fingerprint density at radius 2 is 2.26 bits per heavy atom. The molecule has 0 atom stereocenters. The first-order chi connectivity index (χ1) is 11.4. The maximum atomic E-state index is 5.65. The highest BCUT2D eigenvalue weighted by Crippen LogP contribution is 2.28. The fourth-order valence-electron chi connectivity index (χ4n) is 2.73. The van der Waals surface area contributed by atoms with Crippen molar-refractivity contribution in [2.24, 2.45) is 10.9 Å². The Morgan fingerprint density at radius 1 is 1.35 bits per heavy atom. The minimum atomic E-state index is 0.570. The summed E-state index contributed by atoms with van der Waals surface area (Å²) in [6.07, 6.45) is 5.90. The van der Waals surface area contributed by atoms with E-state index >= 15 is 0 Å². The normalized spacial score (nSPS) is 17.3. The summed E-state index contributed by atoms with van der Waals surface area (Å²) in [5.74, 6) is 3.74. The number of aliphatic imine (C=N–C) groups is 1. The molecule has 2 N–H and O–H groups in total. The molecule has 0 bridgehead atoms. The first-order valence-corrected chi connectivity index (χ1v) is 8.87. The van der Waals surface area contributed by atoms with Gasteiger partial charge >= 0.3 is 0 Å². The molecule has 1 aromatic heterocycles. The zero-order valence-electron chi connectivity index (χ0n) is 14.1. The van der Waals surface area contributed by atoms with Crippen LogP contribution in [0.15, 0.2) is 4.99 Å². The molecule has 0 amide bonds. The summed E-state index contributed by atoms with van der Waals surface area (Å²) in [4.78, 5) is 4.62. The number of hydrogen-bond donors (Lipinski definition) is 2. The van der Waals surface area contributed by atoms with E-state index < -0.39 is 0 Å². The van der Waals surface area contributed by atoms with E-state index in [1.165, 1.54) is 19.3 Å². The van der Waals surface area contributed by atoms with Crippen molar-refractivity contribution in [2.75, 3.05) is 26.3 Å². The smallest absolute Gasteiger partial charge is 0.191 e. The maximum Gasteiger partial charge on any atom is 0.191 e. The molecule has 0 unspecified atom stereocenters. The highest BCUT2D eigenvalue weighted by molar-refractivity contribution is 5.79. The number of fused-ring (bicyclic) bond motifs is 1. The van der Waals surface area contributed by atoms with Crippen molar-refractivity contribution in [1.82, 2.24) is 25.4 Å². The van der Waals surface area contributed by atoms with E-state index in [2.05, 4.69) is 37.3 Å². The lowest BCUT2D eigenvalue weighted by Crippen LogP contribution is -2.38. The minimum Gasteiger partial charge on any atom is -0.381 e. The average Bonchev–Trinajstić information content (AvgIpc) is 3.11. The Balaban J connectivity index is 1.39. The highest BCUT2D eigenvalue weighted by atomic mass is 16.5. The lowest BCUT2D eigenvalue weighted by Gasteiger charge is -2.11. The quantitative estimate of drug-likeness (QED) is 0.405. The summed E-state index contributed by atoms with van der Waals surface area (Å²) in [6, 6.07) is 0. The van der Waals surface area contributed by atoms with E-state index in [9.17, 15) is 0 Å². The molecule has 2 aliphatic rings. The number of rotatable bonds is 9. The van der Waals surface area contributed by atoms with Crippen LogP contribution in [0, 0.1) is 5.92 Å². The van der Waals surface area contributed by atoms with Crippen LogP contribution in [-0.4, -0.2) is 47.0 Å². The van der Waals surface area contributed by atoms with Crippen LogP contribution in [0.4, 0.5) is 0 Å². The van der Waals surface area contributed by atoms with Crippen molar-refractivity contribution < 1.29 is 4.74 Å². The van der Waals surface area contributed by atoms with E-state index in [1.807, 2.05) is 0 Å². The lowest BCUT2D eigenvalue weighted by molar-refractivity contribution is 0.123. The van der Waals surface area contributed by atoms with Gasteiger partial charge in [-0.15, -0.1) is 10.2 Å². The van der Waals surface area contributed by atoms with Crippen LogP contribution >= 0.6 is 0 Å². The van der Waals surface area contributed by atoms with Crippen molar-refractivity contribution in [3.8, 4) is 0 Å². The topological polar surface area (TPSA) is 76.4 Å². The molecule has 0 saturated heterocycles. The number of nitrogens with zero attached hydrogens (tertiary/aromatic N) is 4. The van der Waals surface area contributed by atoms with Gasteiger partial charge in [0, 0.05) is 39.3 Å². The summed E-state index contributed by atoms with van der Waals surface area (Å²) in [7, 11) is 0. The molecule has 1 saturated carbocycles. The van der Waals surface area contributed by atoms with Crippen molar-refractivity contribution in [3.05, 3.63) is 11.6 Å². The van der Waals surface area contributed by atoms with E-state index in [1.54, 1.807) is 0 Å². The van der Waals surface area contributed by atoms with Gasteiger partial charge in [-0.1, -0.05) is 0 Å². The van der Waals surface area contributed by atoms with Gasteiger partial charge < -0.3 is 19.9 Å². The van der Waals surface area contributed by atoms with Crippen molar-refractivity contribution in [2.45, 2.75) is 52.1 Å². The van der Waals surface area contributed by atoms with Gasteiger partial charge in [0.05, 0.1) is 0 Å². The third kappa shape index (κ3) is 4.92. The summed E-state index contributed by atoms with van der Waals surface area (Å²) in [5, 5.41) is 15.1. The number of hydrogen-bond acceptors (Lipinski definition) is 4. The zero-order chi connectivity index (χ0) is 15.9. The Hall–Kier alpha value is -1.63. The van der Waals surface area contributed by atoms with Crippen molar-refractivity contribution in [1.29, 1.82) is 0 Å². The molecule has 1 aliphatic carbocycles. The Bertz CT molecular complexity index is 523. The second-order valence-electron chi connectivity index (χ2n) is 6.28.